The van der Waals surface area contributed by atoms with E-state index in [0.29, 0.717) is 17.1 Å². The molecule has 2 rings (SSSR count). The van der Waals surface area contributed by atoms with Gasteiger partial charge in [-0.15, -0.1) is 0 Å². The molecule has 1 heterocycles. The van der Waals surface area contributed by atoms with Gasteiger partial charge in [0.15, 0.2) is 0 Å². The summed E-state index contributed by atoms with van der Waals surface area (Å²) in [5.74, 6) is 0.769. The second-order valence-electron chi connectivity index (χ2n) is 2.95. The van der Waals surface area contributed by atoms with Gasteiger partial charge in [0.2, 0.25) is 6.29 Å². The number of rotatable bonds is 1. The number of carbonyl (C=O) groups is 1. The maximum Gasteiger partial charge on any atom is 0.345 e. The van der Waals surface area contributed by atoms with Crippen molar-refractivity contribution in [2.75, 3.05) is 7.11 Å². The summed E-state index contributed by atoms with van der Waals surface area (Å²) < 4.78 is 15.2. The van der Waals surface area contributed by atoms with Crippen LogP contribution in [0, 0.1) is 0 Å². The molecule has 0 fully saturated rings. The van der Waals surface area contributed by atoms with Crippen molar-refractivity contribution in [3.8, 4) is 11.5 Å². The van der Waals surface area contributed by atoms with Gasteiger partial charge in [-0.3, -0.25) is 0 Å². The molecule has 0 aromatic heterocycles. The van der Waals surface area contributed by atoms with Crippen LogP contribution in [-0.4, -0.2) is 19.4 Å². The maximum absolute atomic E-state index is 11.4. The van der Waals surface area contributed by atoms with Gasteiger partial charge >= 0.3 is 5.97 Å². The Morgan fingerprint density at radius 1 is 1.36 bits per heavy atom. The van der Waals surface area contributed by atoms with E-state index in [1.165, 1.54) is 0 Å². The second kappa shape index (κ2) is 3.21. The molecular weight excluding hydrogens is 184 g/mol. The van der Waals surface area contributed by atoms with Crippen molar-refractivity contribution in [1.29, 1.82) is 0 Å². The Kier molecular flexibility index (Phi) is 2.04. The predicted molar refractivity (Wildman–Crippen MR) is 48.5 cm³/mol. The van der Waals surface area contributed by atoms with E-state index < -0.39 is 6.29 Å². The minimum atomic E-state index is -0.525. The highest BCUT2D eigenvalue weighted by molar-refractivity contribution is 5.93. The van der Waals surface area contributed by atoms with Crippen molar-refractivity contribution in [2.24, 2.45) is 0 Å². The van der Waals surface area contributed by atoms with Gasteiger partial charge in [-0.1, -0.05) is 0 Å². The zero-order valence-corrected chi connectivity index (χ0v) is 7.94. The van der Waals surface area contributed by atoms with E-state index in [-0.39, 0.29) is 5.97 Å². The van der Waals surface area contributed by atoms with Crippen LogP contribution in [0.15, 0.2) is 18.2 Å². The van der Waals surface area contributed by atoms with Crippen LogP contribution in [0.2, 0.25) is 0 Å². The summed E-state index contributed by atoms with van der Waals surface area (Å²) >= 11 is 0. The third-order valence-electron chi connectivity index (χ3n) is 1.97. The van der Waals surface area contributed by atoms with Crippen LogP contribution in [0.3, 0.4) is 0 Å². The first-order valence-electron chi connectivity index (χ1n) is 4.26. The van der Waals surface area contributed by atoms with Crippen molar-refractivity contribution in [3.05, 3.63) is 23.8 Å². The van der Waals surface area contributed by atoms with Gasteiger partial charge in [0.1, 0.15) is 17.1 Å². The standard InChI is InChI=1S/C10H10O4/c1-6-13-9-4-3-7(12-2)5-8(9)10(11)14-6/h3-6H,1-2H3. The van der Waals surface area contributed by atoms with Crippen molar-refractivity contribution in [2.45, 2.75) is 13.2 Å². The Morgan fingerprint density at radius 2 is 2.14 bits per heavy atom. The molecule has 4 heteroatoms. The summed E-state index contributed by atoms with van der Waals surface area (Å²) in [6.45, 7) is 1.67. The van der Waals surface area contributed by atoms with Gasteiger partial charge in [-0.05, 0) is 18.2 Å². The number of benzene rings is 1. The molecular formula is C10H10O4. The Balaban J connectivity index is 2.44. The Labute approximate surface area is 81.4 Å². The lowest BCUT2D eigenvalue weighted by Gasteiger charge is -2.22. The molecule has 0 saturated carbocycles. The topological polar surface area (TPSA) is 44.8 Å². The van der Waals surface area contributed by atoms with Gasteiger partial charge < -0.3 is 14.2 Å². The molecule has 0 aliphatic carbocycles. The van der Waals surface area contributed by atoms with E-state index in [2.05, 4.69) is 0 Å². The van der Waals surface area contributed by atoms with E-state index in [1.807, 2.05) is 0 Å². The van der Waals surface area contributed by atoms with Crippen LogP contribution < -0.4 is 9.47 Å². The van der Waals surface area contributed by atoms with Crippen LogP contribution in [-0.2, 0) is 4.74 Å². The minimum Gasteiger partial charge on any atom is -0.497 e. The molecule has 14 heavy (non-hydrogen) atoms. The van der Waals surface area contributed by atoms with Crippen molar-refractivity contribution >= 4 is 5.97 Å². The molecule has 1 aliphatic rings. The monoisotopic (exact) mass is 194 g/mol. The fourth-order valence-corrected chi connectivity index (χ4v) is 1.32. The predicted octanol–water partition coefficient (Wildman–Crippen LogP) is 1.59. The summed E-state index contributed by atoms with van der Waals surface area (Å²) in [5.41, 5.74) is 0.405. The molecule has 0 N–H and O–H groups in total. The molecule has 0 bridgehead atoms. The third kappa shape index (κ3) is 1.39. The molecule has 1 aromatic carbocycles. The molecule has 0 spiro atoms. The number of ether oxygens (including phenoxy) is 3. The summed E-state index contributed by atoms with van der Waals surface area (Å²) in [4.78, 5) is 11.4. The summed E-state index contributed by atoms with van der Waals surface area (Å²) in [6.07, 6.45) is -0.525. The highest BCUT2D eigenvalue weighted by atomic mass is 16.7. The molecule has 1 aromatic rings. The number of hydrogen-bond acceptors (Lipinski definition) is 4. The molecule has 1 atom stereocenters. The number of cyclic esters (lactones) is 1. The Hall–Kier alpha value is -1.71. The quantitative estimate of drug-likeness (QED) is 0.637. The molecule has 0 radical (unpaired) electrons. The van der Waals surface area contributed by atoms with Crippen LogP contribution >= 0.6 is 0 Å². The van der Waals surface area contributed by atoms with Crippen molar-refractivity contribution in [3.63, 3.8) is 0 Å². The average molecular weight is 194 g/mol. The Morgan fingerprint density at radius 3 is 2.86 bits per heavy atom. The number of methoxy groups -OCH3 is 1. The van der Waals surface area contributed by atoms with E-state index in [9.17, 15) is 4.79 Å². The van der Waals surface area contributed by atoms with Crippen LogP contribution in [0.5, 0.6) is 11.5 Å². The van der Waals surface area contributed by atoms with Crippen LogP contribution in [0.25, 0.3) is 0 Å². The van der Waals surface area contributed by atoms with E-state index >= 15 is 0 Å². The zero-order chi connectivity index (χ0) is 10.1. The largest absolute Gasteiger partial charge is 0.497 e. The van der Waals surface area contributed by atoms with Gasteiger partial charge in [-0.2, -0.15) is 0 Å². The van der Waals surface area contributed by atoms with E-state index in [4.69, 9.17) is 14.2 Å². The third-order valence-corrected chi connectivity index (χ3v) is 1.97. The fraction of sp³-hybridized carbons (Fsp3) is 0.300. The highest BCUT2D eigenvalue weighted by Gasteiger charge is 2.24. The molecule has 74 valence electrons. The smallest absolute Gasteiger partial charge is 0.345 e. The summed E-state index contributed by atoms with van der Waals surface area (Å²) in [6, 6.07) is 5.04. The first-order valence-corrected chi connectivity index (χ1v) is 4.26. The minimum absolute atomic E-state index is 0.377. The SMILES string of the molecule is COc1ccc2c(c1)C(=O)OC(C)O2. The number of esters is 1. The average Bonchev–Trinajstić information content (AvgIpc) is 2.17. The van der Waals surface area contributed by atoms with Gasteiger partial charge in [-0.25, -0.2) is 4.79 Å². The first kappa shape index (κ1) is 8.87. The molecule has 4 nitrogen and oxygen atoms in total. The molecule has 0 amide bonds. The fourth-order valence-electron chi connectivity index (χ4n) is 1.32. The van der Waals surface area contributed by atoms with Crippen molar-refractivity contribution in [1.82, 2.24) is 0 Å². The normalized spacial score (nSPS) is 19.3. The lowest BCUT2D eigenvalue weighted by Crippen LogP contribution is -2.27. The summed E-state index contributed by atoms with van der Waals surface area (Å²) in [7, 11) is 1.54. The van der Waals surface area contributed by atoms with Gasteiger partial charge in [0.25, 0.3) is 0 Å². The Bertz CT molecular complexity index is 372. The molecule has 1 aliphatic heterocycles. The highest BCUT2D eigenvalue weighted by Crippen LogP contribution is 2.29. The first-order chi connectivity index (χ1) is 6.70. The molecule has 0 saturated heterocycles. The number of hydrogen-bond donors (Lipinski definition) is 0. The maximum atomic E-state index is 11.4. The molecule has 1 unspecified atom stereocenters. The lowest BCUT2D eigenvalue weighted by atomic mass is 10.2. The van der Waals surface area contributed by atoms with Crippen molar-refractivity contribution < 1.29 is 19.0 Å². The number of carbonyl (C=O) groups excluding carboxylic acids is 1. The van der Waals surface area contributed by atoms with E-state index in [1.54, 1.807) is 32.2 Å². The summed E-state index contributed by atoms with van der Waals surface area (Å²) in [5, 5.41) is 0. The number of fused-ring (bicyclic) bond motifs is 1. The second-order valence-corrected chi connectivity index (χ2v) is 2.95. The van der Waals surface area contributed by atoms with Gasteiger partial charge in [0.05, 0.1) is 7.11 Å². The van der Waals surface area contributed by atoms with Gasteiger partial charge in [0, 0.05) is 6.92 Å². The zero-order valence-electron chi connectivity index (χ0n) is 7.94. The van der Waals surface area contributed by atoms with Crippen LogP contribution in [0.1, 0.15) is 17.3 Å². The van der Waals surface area contributed by atoms with Crippen LogP contribution in [0.4, 0.5) is 0 Å². The lowest BCUT2D eigenvalue weighted by molar-refractivity contribution is -0.0489. The van der Waals surface area contributed by atoms with E-state index in [0.717, 1.165) is 0 Å².